The molecule has 0 aromatic heterocycles. The number of unbranched alkanes of at least 4 members (excludes halogenated alkanes) is 9. The number of nitrogens with zero attached hydrogens (tertiary/aromatic N) is 1. The summed E-state index contributed by atoms with van der Waals surface area (Å²) in [7, 11) is 6.65. The normalized spacial score (nSPS) is 10.4. The lowest BCUT2D eigenvalue weighted by Crippen LogP contribution is -3.00. The van der Waals surface area contributed by atoms with Crippen molar-refractivity contribution in [2.75, 3.05) is 27.7 Å². The fourth-order valence-electron chi connectivity index (χ4n) is 3.02. The number of benzene rings is 1. The summed E-state index contributed by atoms with van der Waals surface area (Å²) < 4.78 is 6.82. The second-order valence-electron chi connectivity index (χ2n) is 8.12. The summed E-state index contributed by atoms with van der Waals surface area (Å²) >= 11 is 0. The Bertz CT molecular complexity index is 419. The Morgan fingerprint density at radius 2 is 1.15 bits per heavy atom. The zero-order valence-electron chi connectivity index (χ0n) is 18.4. The molecule has 0 saturated heterocycles. The largest absolute Gasteiger partial charge is 1.00 e. The van der Waals surface area contributed by atoms with Crippen LogP contribution in [0.15, 0.2) is 24.3 Å². The molecule has 3 nitrogen and oxygen atoms in total. The Balaban J connectivity index is -0.00000192. The van der Waals surface area contributed by atoms with Crippen LogP contribution in [0.1, 0.15) is 76.7 Å². The molecule has 1 rings (SSSR count). The van der Waals surface area contributed by atoms with E-state index in [0.717, 1.165) is 23.4 Å². The number of ether oxygens (including phenoxy) is 1. The van der Waals surface area contributed by atoms with E-state index in [9.17, 15) is 0 Å². The zero-order chi connectivity index (χ0) is 17.7. The molecule has 1 aromatic carbocycles. The number of hydrogen-bond acceptors (Lipinski definition) is 1. The fraction of sp³-hybridized carbons (Fsp3) is 0.727. The predicted octanol–water partition coefficient (Wildman–Crippen LogP) is 0.577. The maximum Gasteiger partial charge on any atom is 0.119 e. The molecule has 0 amide bonds. The topological polar surface area (TPSA) is 45.7 Å². The van der Waals surface area contributed by atoms with Crippen LogP contribution in [0.5, 0.6) is 5.75 Å². The van der Waals surface area contributed by atoms with Gasteiger partial charge in [0, 0.05) is 5.56 Å². The first-order chi connectivity index (χ1) is 11.5. The molecule has 4 N–H and O–H groups in total. The summed E-state index contributed by atoms with van der Waals surface area (Å²) in [5, 5.41) is 0. The third-order valence-electron chi connectivity index (χ3n) is 4.35. The van der Waals surface area contributed by atoms with Crippen molar-refractivity contribution in [3.8, 4) is 5.75 Å². The standard InChI is InChI=1S/C22H40NO.2BrH.H3N/c1-5-6-7-8-9-10-11-12-13-14-19-24-22-17-15-21(16-18-22)20-23(2,3)4;;;/h15-18H,5-14,19-20H2,1-4H3;2*1H;1H3/q+1;;;/p-1. The molecule has 0 aliphatic heterocycles. The van der Waals surface area contributed by atoms with E-state index in [-0.39, 0.29) is 40.1 Å². The van der Waals surface area contributed by atoms with E-state index in [0.29, 0.717) is 0 Å². The Morgan fingerprint density at radius 3 is 1.59 bits per heavy atom. The highest BCUT2D eigenvalue weighted by atomic mass is 79.9. The second kappa shape index (κ2) is 19.2. The minimum absolute atomic E-state index is 0. The summed E-state index contributed by atoms with van der Waals surface area (Å²) in [6.07, 6.45) is 13.7. The van der Waals surface area contributed by atoms with Crippen LogP contribution in [0.2, 0.25) is 0 Å². The summed E-state index contributed by atoms with van der Waals surface area (Å²) in [6.45, 7) is 4.19. The highest BCUT2D eigenvalue weighted by Gasteiger charge is 2.08. The van der Waals surface area contributed by atoms with Crippen molar-refractivity contribution in [1.82, 2.24) is 6.15 Å². The molecule has 0 fully saturated rings. The van der Waals surface area contributed by atoms with Crippen molar-refractivity contribution < 1.29 is 43.2 Å². The van der Waals surface area contributed by atoms with Crippen molar-refractivity contribution in [2.45, 2.75) is 77.7 Å². The predicted molar refractivity (Wildman–Crippen MR) is 112 cm³/mol. The third kappa shape index (κ3) is 19.0. The van der Waals surface area contributed by atoms with Gasteiger partial charge in [0.1, 0.15) is 12.3 Å². The molecule has 162 valence electrons. The monoisotopic (exact) mass is 510 g/mol. The lowest BCUT2D eigenvalue weighted by atomic mass is 10.1. The van der Waals surface area contributed by atoms with Gasteiger partial charge in [-0.05, 0) is 30.7 Å². The van der Waals surface area contributed by atoms with Gasteiger partial charge in [-0.25, -0.2) is 0 Å². The molecular formula is C22H44Br2N2O. The first kappa shape index (κ1) is 31.6. The average Bonchev–Trinajstić information content (AvgIpc) is 2.53. The molecule has 5 heteroatoms. The van der Waals surface area contributed by atoms with Gasteiger partial charge in [-0.1, -0.05) is 64.7 Å². The van der Waals surface area contributed by atoms with E-state index in [2.05, 4.69) is 52.3 Å². The quantitative estimate of drug-likeness (QED) is 0.288. The summed E-state index contributed by atoms with van der Waals surface area (Å²) in [6, 6.07) is 8.61. The van der Waals surface area contributed by atoms with E-state index in [1.54, 1.807) is 0 Å². The van der Waals surface area contributed by atoms with E-state index in [1.165, 1.54) is 69.8 Å². The first-order valence-corrected chi connectivity index (χ1v) is 10.0. The molecule has 1 aromatic rings. The van der Waals surface area contributed by atoms with Crippen LogP contribution in [0.4, 0.5) is 0 Å². The molecule has 0 radical (unpaired) electrons. The van der Waals surface area contributed by atoms with Crippen molar-refractivity contribution in [3.63, 3.8) is 0 Å². The SMILES string of the molecule is CCCCCCCCCCCCOc1ccc(C[N+](C)(C)C)cc1.[Br-].[Br-].[NH4+]. The summed E-state index contributed by atoms with van der Waals surface area (Å²) in [5.74, 6) is 1.01. The molecule has 0 saturated carbocycles. The zero-order valence-corrected chi connectivity index (χ0v) is 21.6. The van der Waals surface area contributed by atoms with E-state index in [4.69, 9.17) is 4.74 Å². The van der Waals surface area contributed by atoms with Gasteiger partial charge in [0.05, 0.1) is 27.7 Å². The lowest BCUT2D eigenvalue weighted by molar-refractivity contribution is -0.884. The van der Waals surface area contributed by atoms with E-state index >= 15 is 0 Å². The van der Waals surface area contributed by atoms with Crippen LogP contribution in [-0.4, -0.2) is 32.2 Å². The van der Waals surface area contributed by atoms with E-state index < -0.39 is 0 Å². The molecule has 0 atom stereocenters. The molecule has 0 spiro atoms. The number of quaternary nitrogens is 2. The Kier molecular flexibility index (Phi) is 22.5. The van der Waals surface area contributed by atoms with Crippen LogP contribution in [-0.2, 0) is 6.54 Å². The second-order valence-corrected chi connectivity index (χ2v) is 8.12. The fourth-order valence-corrected chi connectivity index (χ4v) is 3.02. The maximum absolute atomic E-state index is 5.86. The minimum Gasteiger partial charge on any atom is -1.00 e. The molecule has 0 unspecified atom stereocenters. The van der Waals surface area contributed by atoms with Crippen LogP contribution in [0.25, 0.3) is 0 Å². The van der Waals surface area contributed by atoms with Crippen LogP contribution in [0, 0.1) is 0 Å². The van der Waals surface area contributed by atoms with E-state index in [1.807, 2.05) is 0 Å². The van der Waals surface area contributed by atoms with Gasteiger partial charge in [-0.3, -0.25) is 0 Å². The summed E-state index contributed by atoms with van der Waals surface area (Å²) in [4.78, 5) is 0. The van der Waals surface area contributed by atoms with Crippen molar-refractivity contribution >= 4 is 0 Å². The molecule has 0 aliphatic rings. The summed E-state index contributed by atoms with van der Waals surface area (Å²) in [5.41, 5.74) is 1.37. The van der Waals surface area contributed by atoms with Crippen LogP contribution < -0.4 is 44.9 Å². The molecule has 0 aliphatic carbocycles. The van der Waals surface area contributed by atoms with Crippen molar-refractivity contribution in [3.05, 3.63) is 29.8 Å². The van der Waals surface area contributed by atoms with Gasteiger partial charge < -0.3 is 49.3 Å². The van der Waals surface area contributed by atoms with Crippen LogP contribution >= 0.6 is 0 Å². The van der Waals surface area contributed by atoms with Gasteiger partial charge in [-0.15, -0.1) is 0 Å². The number of rotatable bonds is 14. The maximum atomic E-state index is 5.86. The first-order valence-electron chi connectivity index (χ1n) is 10.0. The van der Waals surface area contributed by atoms with Crippen molar-refractivity contribution in [2.24, 2.45) is 0 Å². The molecular weight excluding hydrogens is 468 g/mol. The number of halogens is 2. The van der Waals surface area contributed by atoms with Gasteiger partial charge in [-0.2, -0.15) is 0 Å². The highest BCUT2D eigenvalue weighted by molar-refractivity contribution is 5.26. The van der Waals surface area contributed by atoms with Crippen LogP contribution in [0.3, 0.4) is 0 Å². The van der Waals surface area contributed by atoms with Gasteiger partial charge in [0.2, 0.25) is 0 Å². The number of hydrogen-bond donors (Lipinski definition) is 1. The Morgan fingerprint density at radius 1 is 0.704 bits per heavy atom. The smallest absolute Gasteiger partial charge is 0.119 e. The average molecular weight is 512 g/mol. The van der Waals surface area contributed by atoms with Gasteiger partial charge in [0.25, 0.3) is 0 Å². The molecule has 27 heavy (non-hydrogen) atoms. The Labute approximate surface area is 190 Å². The van der Waals surface area contributed by atoms with Gasteiger partial charge in [0.15, 0.2) is 0 Å². The lowest BCUT2D eigenvalue weighted by Gasteiger charge is -2.23. The van der Waals surface area contributed by atoms with Crippen molar-refractivity contribution in [1.29, 1.82) is 0 Å². The Hall–Kier alpha value is -0.100. The van der Waals surface area contributed by atoms with Gasteiger partial charge >= 0.3 is 0 Å². The molecule has 0 heterocycles. The highest BCUT2D eigenvalue weighted by Crippen LogP contribution is 2.15. The molecule has 0 bridgehead atoms. The minimum atomic E-state index is 0. The third-order valence-corrected chi connectivity index (χ3v) is 4.35.